The highest BCUT2D eigenvalue weighted by Crippen LogP contribution is 2.10. The number of hydrogen-bond donors (Lipinski definition) is 1. The maximum absolute atomic E-state index is 12.3. The first-order valence-corrected chi connectivity index (χ1v) is 8.90. The third-order valence-corrected chi connectivity index (χ3v) is 4.17. The number of methoxy groups -OCH3 is 1. The van der Waals surface area contributed by atoms with Gasteiger partial charge >= 0.3 is 5.97 Å². The summed E-state index contributed by atoms with van der Waals surface area (Å²) >= 11 is 1.79. The van der Waals surface area contributed by atoms with Crippen LogP contribution < -0.4 is 5.73 Å². The Kier molecular flexibility index (Phi) is 12.3. The summed E-state index contributed by atoms with van der Waals surface area (Å²) in [5, 5.41) is 0. The molecular weight excluding hydrogens is 304 g/mol. The van der Waals surface area contributed by atoms with Gasteiger partial charge in [0.2, 0.25) is 0 Å². The van der Waals surface area contributed by atoms with Gasteiger partial charge in [-0.3, -0.25) is 9.59 Å². The molecule has 0 spiro atoms. The second kappa shape index (κ2) is 12.7. The van der Waals surface area contributed by atoms with Gasteiger partial charge in [-0.15, -0.1) is 0 Å². The predicted molar refractivity (Wildman–Crippen MR) is 89.9 cm³/mol. The van der Waals surface area contributed by atoms with Crippen LogP contribution in [0.5, 0.6) is 0 Å². The SMILES string of the molecule is CCOC(=O)CCCN(C)C(=O)C(OC)[C@H](N)CCSCC. The largest absolute Gasteiger partial charge is 0.466 e. The van der Waals surface area contributed by atoms with Gasteiger partial charge in [0.1, 0.15) is 0 Å². The molecule has 0 aromatic rings. The molecule has 0 aromatic heterocycles. The van der Waals surface area contributed by atoms with Crippen LogP contribution in [0.2, 0.25) is 0 Å². The molecular formula is C15H30N2O4S. The number of nitrogens with zero attached hydrogens (tertiary/aromatic N) is 1. The van der Waals surface area contributed by atoms with Gasteiger partial charge < -0.3 is 20.1 Å². The van der Waals surface area contributed by atoms with Crippen LogP contribution >= 0.6 is 11.8 Å². The molecule has 0 saturated heterocycles. The van der Waals surface area contributed by atoms with E-state index in [-0.39, 0.29) is 17.9 Å². The van der Waals surface area contributed by atoms with E-state index in [2.05, 4.69) is 6.92 Å². The summed E-state index contributed by atoms with van der Waals surface area (Å²) in [7, 11) is 3.20. The number of ether oxygens (including phenoxy) is 2. The van der Waals surface area contributed by atoms with Crippen molar-refractivity contribution >= 4 is 23.6 Å². The molecule has 0 radical (unpaired) electrons. The van der Waals surface area contributed by atoms with E-state index in [0.717, 1.165) is 17.9 Å². The van der Waals surface area contributed by atoms with E-state index < -0.39 is 6.10 Å². The number of carbonyl (C=O) groups is 2. The summed E-state index contributed by atoms with van der Waals surface area (Å²) in [5.41, 5.74) is 6.06. The molecule has 0 fully saturated rings. The molecule has 1 unspecified atom stereocenters. The van der Waals surface area contributed by atoms with Crippen LogP contribution in [0, 0.1) is 0 Å². The van der Waals surface area contributed by atoms with Gasteiger partial charge in [-0.05, 0) is 31.3 Å². The number of nitrogens with two attached hydrogens (primary N) is 1. The Bertz CT molecular complexity index is 329. The molecule has 6 nitrogen and oxygen atoms in total. The predicted octanol–water partition coefficient (Wildman–Crippen LogP) is 1.27. The van der Waals surface area contributed by atoms with Gasteiger partial charge in [0.05, 0.1) is 6.61 Å². The fourth-order valence-electron chi connectivity index (χ4n) is 1.99. The maximum Gasteiger partial charge on any atom is 0.305 e. The molecule has 0 aliphatic rings. The van der Waals surface area contributed by atoms with Crippen LogP contribution in [0.4, 0.5) is 0 Å². The van der Waals surface area contributed by atoms with Crippen LogP contribution in [0.1, 0.15) is 33.1 Å². The Labute approximate surface area is 138 Å². The average molecular weight is 334 g/mol. The van der Waals surface area contributed by atoms with Crippen molar-refractivity contribution in [3.05, 3.63) is 0 Å². The Balaban J connectivity index is 4.22. The quantitative estimate of drug-likeness (QED) is 0.428. The van der Waals surface area contributed by atoms with Crippen molar-refractivity contribution in [2.24, 2.45) is 5.73 Å². The molecule has 0 aromatic carbocycles. The van der Waals surface area contributed by atoms with E-state index in [1.807, 2.05) is 0 Å². The third kappa shape index (κ3) is 8.60. The van der Waals surface area contributed by atoms with Gasteiger partial charge in [-0.2, -0.15) is 11.8 Å². The smallest absolute Gasteiger partial charge is 0.305 e. The highest BCUT2D eigenvalue weighted by Gasteiger charge is 2.27. The minimum absolute atomic E-state index is 0.139. The fraction of sp³-hybridized carbons (Fsp3) is 0.867. The standard InChI is InChI=1S/C15H30N2O4S/c1-5-21-13(18)8-7-10-17(3)15(19)14(20-4)12(16)9-11-22-6-2/h12,14H,5-11,16H2,1-4H3/t12-,14?/m1/s1. The van der Waals surface area contributed by atoms with Crippen LogP contribution in [-0.2, 0) is 19.1 Å². The highest BCUT2D eigenvalue weighted by atomic mass is 32.2. The Hall–Kier alpha value is -0.790. The molecule has 0 bridgehead atoms. The van der Waals surface area contributed by atoms with Gasteiger partial charge in [-0.25, -0.2) is 0 Å². The lowest BCUT2D eigenvalue weighted by molar-refractivity contribution is -0.145. The minimum Gasteiger partial charge on any atom is -0.466 e. The average Bonchev–Trinajstić information content (AvgIpc) is 2.48. The summed E-state index contributed by atoms with van der Waals surface area (Å²) in [4.78, 5) is 25.2. The van der Waals surface area contributed by atoms with E-state index in [9.17, 15) is 9.59 Å². The first-order valence-electron chi connectivity index (χ1n) is 7.74. The Morgan fingerprint density at radius 3 is 2.55 bits per heavy atom. The highest BCUT2D eigenvalue weighted by molar-refractivity contribution is 7.99. The third-order valence-electron chi connectivity index (χ3n) is 3.24. The molecule has 7 heteroatoms. The van der Waals surface area contributed by atoms with E-state index in [1.165, 1.54) is 7.11 Å². The molecule has 0 rings (SSSR count). The van der Waals surface area contributed by atoms with Crippen molar-refractivity contribution in [1.82, 2.24) is 4.90 Å². The topological polar surface area (TPSA) is 81.9 Å². The van der Waals surface area contributed by atoms with E-state index in [1.54, 1.807) is 30.6 Å². The van der Waals surface area contributed by atoms with Crippen molar-refractivity contribution in [3.8, 4) is 0 Å². The molecule has 22 heavy (non-hydrogen) atoms. The monoisotopic (exact) mass is 334 g/mol. The maximum atomic E-state index is 12.3. The van der Waals surface area contributed by atoms with Crippen LogP contribution in [0.15, 0.2) is 0 Å². The minimum atomic E-state index is -0.634. The molecule has 2 atom stereocenters. The number of hydrogen-bond acceptors (Lipinski definition) is 6. The summed E-state index contributed by atoms with van der Waals surface area (Å²) in [5.74, 6) is 1.57. The number of carbonyl (C=O) groups excluding carboxylic acids is 2. The first-order chi connectivity index (χ1) is 10.5. The number of rotatable bonds is 12. The number of esters is 1. The number of likely N-dealkylation sites (N-methyl/N-ethyl adjacent to an activating group) is 1. The van der Waals surface area contributed by atoms with Crippen molar-refractivity contribution in [2.45, 2.75) is 45.3 Å². The zero-order valence-corrected chi connectivity index (χ0v) is 15.0. The fourth-order valence-corrected chi connectivity index (χ4v) is 2.72. The molecule has 2 N–H and O–H groups in total. The van der Waals surface area contributed by atoms with Crippen molar-refractivity contribution in [2.75, 3.05) is 38.8 Å². The summed E-state index contributed by atoms with van der Waals surface area (Å²) in [6, 6.07) is -0.316. The van der Waals surface area contributed by atoms with E-state index in [4.69, 9.17) is 15.2 Å². The summed E-state index contributed by atoms with van der Waals surface area (Å²) < 4.78 is 10.1. The van der Waals surface area contributed by atoms with Crippen molar-refractivity contribution < 1.29 is 19.1 Å². The van der Waals surface area contributed by atoms with Crippen LogP contribution in [0.3, 0.4) is 0 Å². The van der Waals surface area contributed by atoms with Crippen molar-refractivity contribution in [1.29, 1.82) is 0 Å². The number of thioether (sulfide) groups is 1. The zero-order chi connectivity index (χ0) is 17.0. The first kappa shape index (κ1) is 21.2. The molecule has 0 aliphatic heterocycles. The van der Waals surface area contributed by atoms with Gasteiger partial charge in [0, 0.05) is 33.2 Å². The lowest BCUT2D eigenvalue weighted by Gasteiger charge is -2.26. The van der Waals surface area contributed by atoms with Gasteiger partial charge in [-0.1, -0.05) is 6.92 Å². The zero-order valence-electron chi connectivity index (χ0n) is 14.2. The van der Waals surface area contributed by atoms with E-state index in [0.29, 0.717) is 26.0 Å². The normalized spacial score (nSPS) is 13.5. The molecule has 130 valence electrons. The molecule has 0 heterocycles. The second-order valence-electron chi connectivity index (χ2n) is 4.97. The van der Waals surface area contributed by atoms with Crippen LogP contribution in [0.25, 0.3) is 0 Å². The lowest BCUT2D eigenvalue weighted by atomic mass is 10.1. The second-order valence-corrected chi connectivity index (χ2v) is 6.37. The lowest BCUT2D eigenvalue weighted by Crippen LogP contribution is -2.48. The molecule has 0 saturated carbocycles. The van der Waals surface area contributed by atoms with Gasteiger partial charge in [0.15, 0.2) is 6.10 Å². The Morgan fingerprint density at radius 2 is 2.00 bits per heavy atom. The summed E-state index contributed by atoms with van der Waals surface area (Å²) in [6.45, 7) is 4.72. The summed E-state index contributed by atoms with van der Waals surface area (Å²) in [6.07, 6.45) is 0.977. The van der Waals surface area contributed by atoms with E-state index >= 15 is 0 Å². The number of amides is 1. The van der Waals surface area contributed by atoms with Gasteiger partial charge in [0.25, 0.3) is 5.91 Å². The molecule has 1 amide bonds. The molecule has 0 aliphatic carbocycles. The van der Waals surface area contributed by atoms with Crippen molar-refractivity contribution in [3.63, 3.8) is 0 Å². The van der Waals surface area contributed by atoms with Crippen LogP contribution in [-0.4, -0.2) is 67.7 Å². The Morgan fingerprint density at radius 1 is 1.32 bits per heavy atom.